The SMILES string of the molecule is O=C(Oc1cccc(N2C(=O)[C@@H]3[C@H]4C=C[C@@H]([C@@H]5C[C@H]45)[C@H]3C2=O)c1)C(c1ccccc1)c1ccccc1. The van der Waals surface area contributed by atoms with Gasteiger partial charge in [-0.25, -0.2) is 4.90 Å². The zero-order valence-electron chi connectivity index (χ0n) is 19.6. The average molecular weight is 476 g/mol. The summed E-state index contributed by atoms with van der Waals surface area (Å²) in [5.74, 6) is -0.0118. The van der Waals surface area contributed by atoms with E-state index in [2.05, 4.69) is 12.2 Å². The molecule has 0 radical (unpaired) electrons. The second-order valence-electron chi connectivity index (χ2n) is 10.3. The maximum absolute atomic E-state index is 13.5. The van der Waals surface area contributed by atoms with E-state index >= 15 is 0 Å². The summed E-state index contributed by atoms with van der Waals surface area (Å²) in [5.41, 5.74) is 2.13. The molecule has 2 saturated carbocycles. The van der Waals surface area contributed by atoms with Crippen LogP contribution in [0.3, 0.4) is 0 Å². The molecule has 4 aliphatic carbocycles. The van der Waals surface area contributed by atoms with Gasteiger partial charge in [0.25, 0.3) is 0 Å². The van der Waals surface area contributed by atoms with Crippen molar-refractivity contribution in [2.45, 2.75) is 12.3 Å². The van der Waals surface area contributed by atoms with E-state index in [4.69, 9.17) is 4.74 Å². The Morgan fingerprint density at radius 1 is 0.750 bits per heavy atom. The molecule has 0 N–H and O–H groups in total. The first-order valence-corrected chi connectivity index (χ1v) is 12.6. The quantitative estimate of drug-likeness (QED) is 0.226. The molecule has 1 aliphatic heterocycles. The zero-order chi connectivity index (χ0) is 24.4. The van der Waals surface area contributed by atoms with Crippen molar-refractivity contribution in [2.24, 2.45) is 35.5 Å². The fraction of sp³-hybridized carbons (Fsp3) is 0.258. The second kappa shape index (κ2) is 8.02. The lowest BCUT2D eigenvalue weighted by molar-refractivity contribution is -0.135. The third kappa shape index (κ3) is 3.19. The lowest BCUT2D eigenvalue weighted by Gasteiger charge is -2.37. The lowest BCUT2D eigenvalue weighted by Crippen LogP contribution is -2.40. The minimum absolute atomic E-state index is 0.121. The third-order valence-electron chi connectivity index (χ3n) is 8.46. The number of hydrogen-bond donors (Lipinski definition) is 0. The molecule has 36 heavy (non-hydrogen) atoms. The van der Waals surface area contributed by atoms with Gasteiger partial charge in [0.1, 0.15) is 11.7 Å². The maximum Gasteiger partial charge on any atom is 0.323 e. The van der Waals surface area contributed by atoms with E-state index in [1.165, 1.54) is 4.90 Å². The summed E-state index contributed by atoms with van der Waals surface area (Å²) < 4.78 is 5.85. The van der Waals surface area contributed by atoms with Crippen LogP contribution in [0.15, 0.2) is 97.1 Å². The molecule has 3 aromatic rings. The Balaban J connectivity index is 1.17. The molecule has 5 nitrogen and oxygen atoms in total. The van der Waals surface area contributed by atoms with Crippen molar-refractivity contribution in [3.63, 3.8) is 0 Å². The van der Waals surface area contributed by atoms with Crippen LogP contribution in [0.25, 0.3) is 0 Å². The summed E-state index contributed by atoms with van der Waals surface area (Å²) in [6.45, 7) is 0. The number of esters is 1. The number of rotatable bonds is 5. The van der Waals surface area contributed by atoms with Gasteiger partial charge < -0.3 is 4.74 Å². The predicted octanol–water partition coefficient (Wildman–Crippen LogP) is 4.98. The minimum Gasteiger partial charge on any atom is -0.426 e. The smallest absolute Gasteiger partial charge is 0.323 e. The molecule has 2 bridgehead atoms. The van der Waals surface area contributed by atoms with E-state index in [-0.39, 0.29) is 35.5 Å². The molecule has 5 aliphatic rings. The van der Waals surface area contributed by atoms with Crippen LogP contribution in [0.1, 0.15) is 23.5 Å². The van der Waals surface area contributed by atoms with Crippen molar-refractivity contribution < 1.29 is 19.1 Å². The van der Waals surface area contributed by atoms with Crippen LogP contribution in [-0.2, 0) is 14.4 Å². The van der Waals surface area contributed by atoms with Gasteiger partial charge in [0, 0.05) is 6.07 Å². The molecule has 1 heterocycles. The minimum atomic E-state index is -0.595. The van der Waals surface area contributed by atoms with Crippen molar-refractivity contribution in [1.82, 2.24) is 0 Å². The van der Waals surface area contributed by atoms with Crippen LogP contribution in [0.2, 0.25) is 0 Å². The highest BCUT2D eigenvalue weighted by Gasteiger charge is 2.67. The van der Waals surface area contributed by atoms with Gasteiger partial charge in [-0.2, -0.15) is 0 Å². The zero-order valence-corrected chi connectivity index (χ0v) is 19.6. The Hall–Kier alpha value is -3.99. The molecular weight excluding hydrogens is 450 g/mol. The highest BCUT2D eigenvalue weighted by molar-refractivity contribution is 6.22. The Bertz CT molecular complexity index is 1320. The average Bonchev–Trinajstić information content (AvgIpc) is 3.68. The third-order valence-corrected chi connectivity index (χ3v) is 8.46. The molecule has 3 aromatic carbocycles. The Labute approximate surface area is 209 Å². The van der Waals surface area contributed by atoms with E-state index in [1.54, 1.807) is 24.3 Å². The fourth-order valence-electron chi connectivity index (χ4n) is 6.83. The molecule has 0 unspecified atom stereocenters. The van der Waals surface area contributed by atoms with Gasteiger partial charge in [-0.15, -0.1) is 0 Å². The number of amides is 2. The molecule has 6 atom stereocenters. The van der Waals surface area contributed by atoms with Crippen molar-refractivity contribution in [3.05, 3.63) is 108 Å². The number of anilines is 1. The maximum atomic E-state index is 13.5. The number of benzene rings is 3. The summed E-state index contributed by atoms with van der Waals surface area (Å²) in [6.07, 6.45) is 5.46. The van der Waals surface area contributed by atoms with E-state index < -0.39 is 11.9 Å². The Morgan fingerprint density at radius 2 is 1.31 bits per heavy atom. The van der Waals surface area contributed by atoms with Crippen LogP contribution in [0, 0.1) is 35.5 Å². The van der Waals surface area contributed by atoms with Crippen molar-refractivity contribution in [2.75, 3.05) is 4.90 Å². The van der Waals surface area contributed by atoms with Crippen molar-refractivity contribution in [1.29, 1.82) is 0 Å². The molecule has 1 saturated heterocycles. The summed E-state index contributed by atoms with van der Waals surface area (Å²) in [5, 5.41) is 0. The van der Waals surface area contributed by atoms with Gasteiger partial charge >= 0.3 is 5.97 Å². The van der Waals surface area contributed by atoms with Crippen LogP contribution < -0.4 is 9.64 Å². The summed E-state index contributed by atoms with van der Waals surface area (Å²) >= 11 is 0. The van der Waals surface area contributed by atoms with Gasteiger partial charge in [-0.3, -0.25) is 14.4 Å². The van der Waals surface area contributed by atoms with Crippen LogP contribution in [0.5, 0.6) is 5.75 Å². The first kappa shape index (κ1) is 21.3. The molecule has 8 rings (SSSR count). The monoisotopic (exact) mass is 475 g/mol. The molecular formula is C31H25NO4. The van der Waals surface area contributed by atoms with Gasteiger partial charge in [0.2, 0.25) is 11.8 Å². The topological polar surface area (TPSA) is 63.7 Å². The Kier molecular flexibility index (Phi) is 4.75. The van der Waals surface area contributed by atoms with Gasteiger partial charge in [-0.1, -0.05) is 78.9 Å². The molecule has 178 valence electrons. The standard InChI is InChI=1S/C31H25NO4/c33-29-27-22-14-15-23(25-17-24(22)25)28(27)30(34)32(29)20-12-7-13-21(16-20)36-31(35)26(18-8-3-1-4-9-18)19-10-5-2-6-11-19/h1-16,22-28H,17H2/t22-,23-,24-,25+,27+,28+/m0/s1. The molecule has 5 heteroatoms. The van der Waals surface area contributed by atoms with Gasteiger partial charge in [0.15, 0.2) is 0 Å². The van der Waals surface area contributed by atoms with Crippen LogP contribution in [0.4, 0.5) is 5.69 Å². The summed E-state index contributed by atoms with van der Waals surface area (Å²) in [6, 6.07) is 25.8. The summed E-state index contributed by atoms with van der Waals surface area (Å²) in [4.78, 5) is 41.7. The number of ether oxygens (including phenoxy) is 1. The number of allylic oxidation sites excluding steroid dienone is 2. The molecule has 0 spiro atoms. The largest absolute Gasteiger partial charge is 0.426 e. The second-order valence-corrected chi connectivity index (χ2v) is 10.3. The number of carbonyl (C=O) groups is 3. The molecule has 3 fully saturated rings. The van der Waals surface area contributed by atoms with Crippen molar-refractivity contribution >= 4 is 23.5 Å². The lowest BCUT2D eigenvalue weighted by atomic mass is 9.63. The summed E-state index contributed by atoms with van der Waals surface area (Å²) in [7, 11) is 0. The first-order chi connectivity index (χ1) is 17.6. The normalized spacial score (nSPS) is 29.3. The number of imide groups is 1. The van der Waals surface area contributed by atoms with Gasteiger partial charge in [-0.05, 0) is 53.4 Å². The molecule has 0 aromatic heterocycles. The number of hydrogen-bond acceptors (Lipinski definition) is 4. The molecule has 2 amide bonds. The number of carbonyl (C=O) groups excluding carboxylic acids is 3. The fourth-order valence-corrected chi connectivity index (χ4v) is 6.83. The van der Waals surface area contributed by atoms with E-state index in [9.17, 15) is 14.4 Å². The van der Waals surface area contributed by atoms with Crippen LogP contribution >= 0.6 is 0 Å². The van der Waals surface area contributed by atoms with E-state index in [1.807, 2.05) is 60.7 Å². The van der Waals surface area contributed by atoms with Gasteiger partial charge in [0.05, 0.1) is 17.5 Å². The Morgan fingerprint density at radius 3 is 1.86 bits per heavy atom. The first-order valence-electron chi connectivity index (χ1n) is 12.6. The number of nitrogens with zero attached hydrogens (tertiary/aromatic N) is 1. The highest BCUT2D eigenvalue weighted by Crippen LogP contribution is 2.65. The predicted molar refractivity (Wildman–Crippen MR) is 134 cm³/mol. The van der Waals surface area contributed by atoms with E-state index in [0.717, 1.165) is 17.5 Å². The van der Waals surface area contributed by atoms with Crippen molar-refractivity contribution in [3.8, 4) is 5.75 Å². The van der Waals surface area contributed by atoms with E-state index in [0.29, 0.717) is 23.3 Å². The van der Waals surface area contributed by atoms with Crippen LogP contribution in [-0.4, -0.2) is 17.8 Å². The highest BCUT2D eigenvalue weighted by atomic mass is 16.5.